The average Bonchev–Trinajstić information content (AvgIpc) is 3.26. The molecule has 0 radical (unpaired) electrons. The van der Waals surface area contributed by atoms with Crippen LogP contribution in [0, 0.1) is 0 Å². The van der Waals surface area contributed by atoms with Gasteiger partial charge in [-0.1, -0.05) is 0 Å². The molecule has 0 unspecified atom stereocenters. The Labute approximate surface area is 158 Å². The summed E-state index contributed by atoms with van der Waals surface area (Å²) in [5.41, 5.74) is 2.77. The Hall–Kier alpha value is -0.790. The molecule has 1 N–H and O–H groups in total. The third-order valence-electron chi connectivity index (χ3n) is 5.37. The first kappa shape index (κ1) is 17.6. The zero-order valence-corrected chi connectivity index (χ0v) is 16.3. The maximum absolute atomic E-state index is 9.50. The predicted molar refractivity (Wildman–Crippen MR) is 104 cm³/mol. The fraction of sp³-hybridized carbons (Fsp3) is 0.632. The van der Waals surface area contributed by atoms with Gasteiger partial charge in [-0.15, -0.1) is 11.3 Å². The summed E-state index contributed by atoms with van der Waals surface area (Å²) in [5, 5.41) is 15.2. The minimum Gasteiger partial charge on any atom is -0.396 e. The Morgan fingerprint density at radius 3 is 2.92 bits per heavy atom. The van der Waals surface area contributed by atoms with Gasteiger partial charge in [-0.25, -0.2) is 4.98 Å². The summed E-state index contributed by atoms with van der Waals surface area (Å²) in [6, 6.07) is 2.65. The van der Waals surface area contributed by atoms with Crippen LogP contribution in [0.15, 0.2) is 16.8 Å². The highest BCUT2D eigenvalue weighted by Gasteiger charge is 2.27. The Bertz CT molecular complexity index is 647. The van der Waals surface area contributed by atoms with Crippen LogP contribution in [0.1, 0.15) is 40.4 Å². The number of aliphatic hydroxyl groups is 1. The second-order valence-electron chi connectivity index (χ2n) is 7.19. The van der Waals surface area contributed by atoms with Gasteiger partial charge in [0, 0.05) is 43.7 Å². The lowest BCUT2D eigenvalue weighted by Crippen LogP contribution is -2.52. The lowest BCUT2D eigenvalue weighted by atomic mass is 10.0. The van der Waals surface area contributed by atoms with E-state index in [1.165, 1.54) is 46.8 Å². The van der Waals surface area contributed by atoms with Crippen molar-refractivity contribution in [1.29, 1.82) is 0 Å². The summed E-state index contributed by atoms with van der Waals surface area (Å²) in [6.45, 7) is 5.46. The van der Waals surface area contributed by atoms with Crippen molar-refractivity contribution < 1.29 is 5.11 Å². The fourth-order valence-corrected chi connectivity index (χ4v) is 5.87. The van der Waals surface area contributed by atoms with E-state index in [1.54, 1.807) is 11.3 Å². The number of aryl methyl sites for hydroxylation is 2. The van der Waals surface area contributed by atoms with Crippen molar-refractivity contribution in [3.63, 3.8) is 0 Å². The SMILES string of the molecule is OCC[C@H]1CN(Cc2nc3c(s2)CCCC3)CCN1Cc1ccsc1. The molecule has 2 aromatic heterocycles. The molecule has 6 heteroatoms. The van der Waals surface area contributed by atoms with E-state index in [-0.39, 0.29) is 6.61 Å². The van der Waals surface area contributed by atoms with Gasteiger partial charge in [-0.2, -0.15) is 11.3 Å². The summed E-state index contributed by atoms with van der Waals surface area (Å²) in [4.78, 5) is 11.5. The number of rotatable bonds is 6. The molecule has 1 aliphatic carbocycles. The molecule has 0 aromatic carbocycles. The van der Waals surface area contributed by atoms with E-state index >= 15 is 0 Å². The fourth-order valence-electron chi connectivity index (χ4n) is 4.01. The molecular formula is C19H27N3OS2. The monoisotopic (exact) mass is 377 g/mol. The largest absolute Gasteiger partial charge is 0.396 e. The first-order valence-corrected chi connectivity index (χ1v) is 11.1. The first-order chi connectivity index (χ1) is 12.3. The summed E-state index contributed by atoms with van der Waals surface area (Å²) in [7, 11) is 0. The smallest absolute Gasteiger partial charge is 0.107 e. The van der Waals surface area contributed by atoms with E-state index in [2.05, 4.69) is 26.6 Å². The van der Waals surface area contributed by atoms with E-state index in [4.69, 9.17) is 4.98 Å². The van der Waals surface area contributed by atoms with Crippen LogP contribution in [0.3, 0.4) is 0 Å². The number of piperazine rings is 1. The zero-order chi connectivity index (χ0) is 17.1. The Kier molecular flexibility index (Phi) is 5.83. The van der Waals surface area contributed by atoms with Gasteiger partial charge in [0.15, 0.2) is 0 Å². The molecule has 0 amide bonds. The van der Waals surface area contributed by atoms with Crippen molar-refractivity contribution in [3.05, 3.63) is 38.0 Å². The normalized spacial score (nSPS) is 22.2. The molecule has 2 aliphatic rings. The quantitative estimate of drug-likeness (QED) is 0.839. The second-order valence-corrected chi connectivity index (χ2v) is 9.14. The third kappa shape index (κ3) is 4.31. The molecule has 2 aromatic rings. The molecule has 3 heterocycles. The molecule has 4 nitrogen and oxygen atoms in total. The van der Waals surface area contributed by atoms with Crippen molar-refractivity contribution in [1.82, 2.24) is 14.8 Å². The van der Waals surface area contributed by atoms with Crippen molar-refractivity contribution in [2.75, 3.05) is 26.2 Å². The van der Waals surface area contributed by atoms with Crippen LogP contribution < -0.4 is 0 Å². The van der Waals surface area contributed by atoms with Crippen LogP contribution in [0.4, 0.5) is 0 Å². The number of fused-ring (bicyclic) bond motifs is 1. The summed E-state index contributed by atoms with van der Waals surface area (Å²) in [6.07, 6.45) is 5.89. The van der Waals surface area contributed by atoms with E-state index in [0.717, 1.165) is 39.1 Å². The van der Waals surface area contributed by atoms with Crippen LogP contribution in [0.5, 0.6) is 0 Å². The molecule has 25 heavy (non-hydrogen) atoms. The lowest BCUT2D eigenvalue weighted by Gasteiger charge is -2.41. The number of thiophene rings is 1. The molecule has 1 fully saturated rings. The maximum atomic E-state index is 9.50. The minimum absolute atomic E-state index is 0.268. The molecule has 1 atom stereocenters. The van der Waals surface area contributed by atoms with Crippen molar-refractivity contribution in [2.24, 2.45) is 0 Å². The summed E-state index contributed by atoms with van der Waals surface area (Å²) >= 11 is 3.70. The first-order valence-electron chi connectivity index (χ1n) is 9.37. The number of aliphatic hydroxyl groups excluding tert-OH is 1. The van der Waals surface area contributed by atoms with Gasteiger partial charge in [0.1, 0.15) is 5.01 Å². The van der Waals surface area contributed by atoms with Crippen LogP contribution >= 0.6 is 22.7 Å². The number of aromatic nitrogens is 1. The number of thiazole rings is 1. The average molecular weight is 378 g/mol. The second kappa shape index (κ2) is 8.27. The van der Waals surface area contributed by atoms with Crippen LogP contribution in [-0.2, 0) is 25.9 Å². The Balaban J connectivity index is 1.38. The predicted octanol–water partition coefficient (Wildman–Crippen LogP) is 3.15. The number of hydrogen-bond acceptors (Lipinski definition) is 6. The highest BCUT2D eigenvalue weighted by molar-refractivity contribution is 7.11. The summed E-state index contributed by atoms with van der Waals surface area (Å²) in [5.74, 6) is 0. The lowest BCUT2D eigenvalue weighted by molar-refractivity contribution is 0.0500. The zero-order valence-electron chi connectivity index (χ0n) is 14.7. The van der Waals surface area contributed by atoms with E-state index < -0.39 is 0 Å². The molecule has 0 spiro atoms. The van der Waals surface area contributed by atoms with Gasteiger partial charge in [0.05, 0.1) is 12.2 Å². The number of nitrogens with zero attached hydrogens (tertiary/aromatic N) is 3. The van der Waals surface area contributed by atoms with Crippen LogP contribution in [0.2, 0.25) is 0 Å². The van der Waals surface area contributed by atoms with Gasteiger partial charge in [0.25, 0.3) is 0 Å². The van der Waals surface area contributed by atoms with Crippen molar-refractivity contribution in [2.45, 2.75) is 51.2 Å². The Morgan fingerprint density at radius 1 is 1.20 bits per heavy atom. The van der Waals surface area contributed by atoms with Gasteiger partial charge in [-0.3, -0.25) is 9.80 Å². The number of hydrogen-bond donors (Lipinski definition) is 1. The standard InChI is InChI=1S/C19H27N3OS2/c23-9-5-16-12-21(7-8-22(16)11-15-6-10-24-14-15)13-19-20-17-3-1-2-4-18(17)25-19/h6,10,14,16,23H,1-5,7-9,11-13H2/t16-/m0/s1. The van der Waals surface area contributed by atoms with Crippen LogP contribution in [0.25, 0.3) is 0 Å². The Morgan fingerprint density at radius 2 is 2.12 bits per heavy atom. The van der Waals surface area contributed by atoms with Gasteiger partial charge >= 0.3 is 0 Å². The van der Waals surface area contributed by atoms with E-state index in [1.807, 2.05) is 11.3 Å². The van der Waals surface area contributed by atoms with Crippen molar-refractivity contribution >= 4 is 22.7 Å². The molecule has 136 valence electrons. The molecule has 4 rings (SSSR count). The van der Waals surface area contributed by atoms with E-state index in [9.17, 15) is 5.11 Å². The third-order valence-corrected chi connectivity index (χ3v) is 7.24. The highest BCUT2D eigenvalue weighted by Crippen LogP contribution is 2.28. The summed E-state index contributed by atoms with van der Waals surface area (Å²) < 4.78 is 0. The molecule has 1 saturated heterocycles. The highest BCUT2D eigenvalue weighted by atomic mass is 32.1. The topological polar surface area (TPSA) is 39.6 Å². The van der Waals surface area contributed by atoms with Gasteiger partial charge < -0.3 is 5.11 Å². The molecular weight excluding hydrogens is 350 g/mol. The van der Waals surface area contributed by atoms with Gasteiger partial charge in [0.2, 0.25) is 0 Å². The molecule has 1 aliphatic heterocycles. The van der Waals surface area contributed by atoms with Gasteiger partial charge in [-0.05, 0) is 54.5 Å². The van der Waals surface area contributed by atoms with Crippen LogP contribution in [-0.4, -0.2) is 52.2 Å². The minimum atomic E-state index is 0.268. The maximum Gasteiger partial charge on any atom is 0.107 e. The molecule has 0 bridgehead atoms. The van der Waals surface area contributed by atoms with E-state index in [0.29, 0.717) is 6.04 Å². The molecule has 0 saturated carbocycles. The van der Waals surface area contributed by atoms with Crippen molar-refractivity contribution in [3.8, 4) is 0 Å².